The third kappa shape index (κ3) is 5.74. The van der Waals surface area contributed by atoms with E-state index in [0.29, 0.717) is 12.3 Å². The van der Waals surface area contributed by atoms with E-state index in [0.717, 1.165) is 23.7 Å². The summed E-state index contributed by atoms with van der Waals surface area (Å²) in [4.78, 5) is 11.6. The second kappa shape index (κ2) is 7.44. The summed E-state index contributed by atoms with van der Waals surface area (Å²) >= 11 is 3.35. The molecular formula is C14H20BrN3O2. The van der Waals surface area contributed by atoms with Crippen molar-refractivity contribution in [3.05, 3.63) is 16.4 Å². The van der Waals surface area contributed by atoms with Crippen molar-refractivity contribution in [3.63, 3.8) is 0 Å². The minimum atomic E-state index is -0.303. The minimum absolute atomic E-state index is 0.172. The van der Waals surface area contributed by atoms with E-state index >= 15 is 0 Å². The normalized spacial score (nSPS) is 11.2. The monoisotopic (exact) mass is 341 g/mol. The van der Waals surface area contributed by atoms with Crippen LogP contribution in [0.15, 0.2) is 10.7 Å². The Morgan fingerprint density at radius 1 is 1.55 bits per heavy atom. The van der Waals surface area contributed by atoms with Gasteiger partial charge in [0.15, 0.2) is 0 Å². The van der Waals surface area contributed by atoms with Crippen LogP contribution in [0, 0.1) is 16.7 Å². The van der Waals surface area contributed by atoms with Crippen LogP contribution in [0.3, 0.4) is 0 Å². The number of aryl methyl sites for hydroxylation is 1. The number of unbranched alkanes of at least 4 members (excludes halogenated alkanes) is 1. The maximum absolute atomic E-state index is 11.6. The molecule has 1 rings (SSSR count). The first-order valence-corrected chi connectivity index (χ1v) is 7.38. The molecule has 0 atom stereocenters. The molecule has 0 amide bonds. The van der Waals surface area contributed by atoms with E-state index in [4.69, 9.17) is 10.00 Å². The Hall–Kier alpha value is -1.35. The molecule has 0 fully saturated rings. The molecule has 1 aromatic heterocycles. The van der Waals surface area contributed by atoms with Crippen molar-refractivity contribution in [2.24, 2.45) is 12.5 Å². The fourth-order valence-electron chi connectivity index (χ4n) is 1.72. The minimum Gasteiger partial charge on any atom is -0.465 e. The molecule has 0 aromatic carbocycles. The Balaban J connectivity index is 2.21. The quantitative estimate of drug-likeness (QED) is 0.564. The smallest absolute Gasteiger partial charge is 0.311 e. The number of hydrogen-bond acceptors (Lipinski definition) is 4. The largest absolute Gasteiger partial charge is 0.465 e. The Labute approximate surface area is 128 Å². The van der Waals surface area contributed by atoms with Crippen molar-refractivity contribution in [2.45, 2.75) is 39.5 Å². The summed E-state index contributed by atoms with van der Waals surface area (Å²) in [6.07, 6.45) is 4.44. The lowest BCUT2D eigenvalue weighted by Gasteiger charge is -2.14. The average molecular weight is 342 g/mol. The topological polar surface area (TPSA) is 67.9 Å². The molecule has 0 saturated carbocycles. The summed E-state index contributed by atoms with van der Waals surface area (Å²) in [6, 6.07) is 2.26. The number of rotatable bonds is 7. The molecule has 20 heavy (non-hydrogen) atoms. The Bertz CT molecular complexity index is 503. The standard InChI is InChI=1S/C14H20BrN3O2/c1-14(2,10-16)6-4-5-7-20-13(19)8-12-11(15)9-18(3)17-12/h9H,4-8H2,1-3H3. The number of nitriles is 1. The van der Waals surface area contributed by atoms with E-state index in [1.807, 2.05) is 13.8 Å². The van der Waals surface area contributed by atoms with Crippen LogP contribution >= 0.6 is 15.9 Å². The van der Waals surface area contributed by atoms with Gasteiger partial charge in [0, 0.05) is 13.2 Å². The van der Waals surface area contributed by atoms with Crippen LogP contribution in [0.25, 0.3) is 0 Å². The van der Waals surface area contributed by atoms with Gasteiger partial charge in [0.25, 0.3) is 0 Å². The zero-order chi connectivity index (χ0) is 15.2. The fraction of sp³-hybridized carbons (Fsp3) is 0.643. The van der Waals surface area contributed by atoms with Gasteiger partial charge in [-0.1, -0.05) is 0 Å². The van der Waals surface area contributed by atoms with Gasteiger partial charge in [-0.15, -0.1) is 0 Å². The summed E-state index contributed by atoms with van der Waals surface area (Å²) in [5, 5.41) is 13.1. The SMILES string of the molecule is Cn1cc(Br)c(CC(=O)OCCCCC(C)(C)C#N)n1. The lowest BCUT2D eigenvalue weighted by atomic mass is 9.89. The summed E-state index contributed by atoms with van der Waals surface area (Å²) in [7, 11) is 1.80. The van der Waals surface area contributed by atoms with E-state index in [1.165, 1.54) is 0 Å². The second-order valence-electron chi connectivity index (χ2n) is 5.45. The first kappa shape index (κ1) is 16.7. The molecular weight excluding hydrogens is 322 g/mol. The molecule has 6 heteroatoms. The highest BCUT2D eigenvalue weighted by atomic mass is 79.9. The molecule has 0 aliphatic rings. The van der Waals surface area contributed by atoms with Crippen molar-refractivity contribution < 1.29 is 9.53 Å². The summed E-state index contributed by atoms with van der Waals surface area (Å²) in [5.41, 5.74) is 0.381. The number of nitrogens with zero attached hydrogens (tertiary/aromatic N) is 3. The van der Waals surface area contributed by atoms with Crippen LogP contribution < -0.4 is 0 Å². The van der Waals surface area contributed by atoms with Crippen LogP contribution in [0.2, 0.25) is 0 Å². The van der Waals surface area contributed by atoms with Crippen LogP contribution in [0.4, 0.5) is 0 Å². The van der Waals surface area contributed by atoms with Gasteiger partial charge < -0.3 is 4.74 Å². The molecule has 0 saturated heterocycles. The molecule has 0 aliphatic heterocycles. The van der Waals surface area contributed by atoms with Crippen molar-refractivity contribution in [1.82, 2.24) is 9.78 Å². The van der Waals surface area contributed by atoms with Gasteiger partial charge in [-0.2, -0.15) is 10.4 Å². The number of aromatic nitrogens is 2. The fourth-order valence-corrected chi connectivity index (χ4v) is 2.24. The van der Waals surface area contributed by atoms with E-state index in [9.17, 15) is 4.79 Å². The lowest BCUT2D eigenvalue weighted by molar-refractivity contribution is -0.143. The van der Waals surface area contributed by atoms with Gasteiger partial charge in [0.05, 0.1) is 34.7 Å². The molecule has 1 aromatic rings. The molecule has 5 nitrogen and oxygen atoms in total. The number of carbonyl (C=O) groups is 1. The molecule has 0 N–H and O–H groups in total. The summed E-state index contributed by atoms with van der Waals surface area (Å²) < 4.78 is 7.63. The van der Waals surface area contributed by atoms with Crippen molar-refractivity contribution >= 4 is 21.9 Å². The maximum Gasteiger partial charge on any atom is 0.311 e. The zero-order valence-electron chi connectivity index (χ0n) is 12.1. The number of hydrogen-bond donors (Lipinski definition) is 0. The lowest BCUT2D eigenvalue weighted by Crippen LogP contribution is -2.11. The highest BCUT2D eigenvalue weighted by Gasteiger charge is 2.16. The number of ether oxygens (including phenoxy) is 1. The predicted octanol–water partition coefficient (Wildman–Crippen LogP) is 2.99. The Kier molecular flexibility index (Phi) is 6.21. The summed E-state index contributed by atoms with van der Waals surface area (Å²) in [6.45, 7) is 4.22. The Morgan fingerprint density at radius 2 is 2.25 bits per heavy atom. The average Bonchev–Trinajstić information content (AvgIpc) is 2.67. The predicted molar refractivity (Wildman–Crippen MR) is 78.8 cm³/mol. The van der Waals surface area contributed by atoms with Gasteiger partial charge in [-0.05, 0) is 49.0 Å². The third-order valence-electron chi connectivity index (χ3n) is 2.93. The highest BCUT2D eigenvalue weighted by Crippen LogP contribution is 2.21. The third-order valence-corrected chi connectivity index (χ3v) is 3.59. The van der Waals surface area contributed by atoms with Gasteiger partial charge in [-0.3, -0.25) is 9.48 Å². The van der Waals surface area contributed by atoms with Crippen LogP contribution in [-0.4, -0.2) is 22.4 Å². The molecule has 110 valence electrons. The number of halogens is 1. The maximum atomic E-state index is 11.6. The molecule has 0 radical (unpaired) electrons. The zero-order valence-corrected chi connectivity index (χ0v) is 13.7. The molecule has 0 aliphatic carbocycles. The molecule has 0 spiro atoms. The Morgan fingerprint density at radius 3 is 2.80 bits per heavy atom. The highest BCUT2D eigenvalue weighted by molar-refractivity contribution is 9.10. The van der Waals surface area contributed by atoms with E-state index in [2.05, 4.69) is 27.1 Å². The van der Waals surface area contributed by atoms with E-state index in [1.54, 1.807) is 17.9 Å². The van der Waals surface area contributed by atoms with Crippen LogP contribution in [-0.2, 0) is 23.0 Å². The first-order chi connectivity index (χ1) is 9.34. The van der Waals surface area contributed by atoms with E-state index in [-0.39, 0.29) is 17.8 Å². The molecule has 0 bridgehead atoms. The van der Waals surface area contributed by atoms with E-state index < -0.39 is 0 Å². The molecule has 0 unspecified atom stereocenters. The summed E-state index contributed by atoms with van der Waals surface area (Å²) in [5.74, 6) is -0.274. The van der Waals surface area contributed by atoms with Gasteiger partial charge in [0.1, 0.15) is 0 Å². The van der Waals surface area contributed by atoms with Crippen molar-refractivity contribution in [2.75, 3.05) is 6.61 Å². The number of esters is 1. The van der Waals surface area contributed by atoms with Crippen LogP contribution in [0.5, 0.6) is 0 Å². The van der Waals surface area contributed by atoms with Crippen LogP contribution in [0.1, 0.15) is 38.8 Å². The first-order valence-electron chi connectivity index (χ1n) is 6.59. The molecule has 1 heterocycles. The van der Waals surface area contributed by atoms with Gasteiger partial charge >= 0.3 is 5.97 Å². The van der Waals surface area contributed by atoms with Gasteiger partial charge in [0.2, 0.25) is 0 Å². The second-order valence-corrected chi connectivity index (χ2v) is 6.30. The van der Waals surface area contributed by atoms with Gasteiger partial charge in [-0.25, -0.2) is 0 Å². The van der Waals surface area contributed by atoms with Crippen molar-refractivity contribution in [3.8, 4) is 6.07 Å². The number of carbonyl (C=O) groups excluding carboxylic acids is 1. The van der Waals surface area contributed by atoms with Crippen molar-refractivity contribution in [1.29, 1.82) is 5.26 Å².